The minimum Gasteiger partial charge on any atom is -0.335 e. The van der Waals surface area contributed by atoms with Gasteiger partial charge in [-0.3, -0.25) is 4.79 Å². The number of anilines is 1. The summed E-state index contributed by atoms with van der Waals surface area (Å²) in [6.07, 6.45) is 1.47. The second kappa shape index (κ2) is 7.20. The first-order valence-corrected chi connectivity index (χ1v) is 9.02. The number of amides is 1. The quantitative estimate of drug-likeness (QED) is 0.521. The van der Waals surface area contributed by atoms with Gasteiger partial charge >= 0.3 is 0 Å². The monoisotopic (exact) mass is 380 g/mol. The minimum absolute atomic E-state index is 0.213. The van der Waals surface area contributed by atoms with Gasteiger partial charge in [-0.15, -0.1) is 21.5 Å². The van der Waals surface area contributed by atoms with Gasteiger partial charge in [0, 0.05) is 6.20 Å². The topological polar surface area (TPSA) is 98.7 Å². The third-order valence-electron chi connectivity index (χ3n) is 3.04. The lowest BCUT2D eigenvalue weighted by Gasteiger charge is -2.10. The molecule has 0 aromatic carbocycles. The summed E-state index contributed by atoms with van der Waals surface area (Å²) in [6.45, 7) is 1.76. The highest BCUT2D eigenvalue weighted by atomic mass is 35.5. The predicted octanol–water partition coefficient (Wildman–Crippen LogP) is 2.89. The number of carbonyl (C=O) groups excluding carboxylic acids is 1. The molecule has 0 aliphatic heterocycles. The van der Waals surface area contributed by atoms with E-state index in [0.717, 1.165) is 4.88 Å². The Labute approximate surface area is 151 Å². The molecule has 1 amide bonds. The lowest BCUT2D eigenvalue weighted by molar-refractivity contribution is -0.115. The van der Waals surface area contributed by atoms with Crippen LogP contribution >= 0.6 is 34.7 Å². The molecule has 0 spiro atoms. The SMILES string of the molecule is CC(Sc1nnc(-c2cccs2)n1N)C(=O)Nc1ccc(Cl)cn1. The van der Waals surface area contributed by atoms with Crippen molar-refractivity contribution in [3.8, 4) is 10.7 Å². The summed E-state index contributed by atoms with van der Waals surface area (Å²) < 4.78 is 1.39. The van der Waals surface area contributed by atoms with Gasteiger partial charge in [0.25, 0.3) is 0 Å². The van der Waals surface area contributed by atoms with Crippen molar-refractivity contribution >= 4 is 46.4 Å². The molecule has 10 heteroatoms. The number of thiophene rings is 1. The van der Waals surface area contributed by atoms with Crippen LogP contribution in [0.5, 0.6) is 0 Å². The second-order valence-electron chi connectivity index (χ2n) is 4.76. The molecule has 0 aliphatic rings. The Bertz CT molecular complexity index is 834. The number of carbonyl (C=O) groups is 1. The Kier molecular flexibility index (Phi) is 5.03. The maximum absolute atomic E-state index is 12.2. The molecule has 0 saturated carbocycles. The van der Waals surface area contributed by atoms with E-state index >= 15 is 0 Å². The highest BCUT2D eigenvalue weighted by molar-refractivity contribution is 8.00. The molecule has 3 N–H and O–H groups in total. The van der Waals surface area contributed by atoms with Gasteiger partial charge < -0.3 is 11.2 Å². The number of nitrogen functional groups attached to an aromatic ring is 1. The van der Waals surface area contributed by atoms with Crippen molar-refractivity contribution < 1.29 is 4.79 Å². The molecule has 0 saturated heterocycles. The van der Waals surface area contributed by atoms with Crippen LogP contribution in [0, 0.1) is 0 Å². The molecule has 3 aromatic rings. The molecule has 0 bridgehead atoms. The molecule has 124 valence electrons. The number of nitrogens with zero attached hydrogens (tertiary/aromatic N) is 4. The lowest BCUT2D eigenvalue weighted by Crippen LogP contribution is -2.24. The van der Waals surface area contributed by atoms with Crippen molar-refractivity contribution in [1.29, 1.82) is 0 Å². The van der Waals surface area contributed by atoms with Gasteiger partial charge in [0.05, 0.1) is 15.1 Å². The van der Waals surface area contributed by atoms with E-state index in [9.17, 15) is 4.79 Å². The standard InChI is InChI=1S/C14H13ClN6OS2/c1-8(13(22)18-11-5-4-9(15)7-17-11)24-14-20-19-12(21(14)16)10-3-2-6-23-10/h2-8H,16H2,1H3,(H,17,18,22). The molecule has 3 rings (SSSR count). The van der Waals surface area contributed by atoms with E-state index in [1.807, 2.05) is 17.5 Å². The van der Waals surface area contributed by atoms with Crippen LogP contribution in [-0.2, 0) is 4.79 Å². The summed E-state index contributed by atoms with van der Waals surface area (Å²) in [7, 11) is 0. The molecular weight excluding hydrogens is 368 g/mol. The normalized spacial score (nSPS) is 12.1. The molecule has 7 nitrogen and oxygen atoms in total. The summed E-state index contributed by atoms with van der Waals surface area (Å²) in [5, 5.41) is 13.3. The highest BCUT2D eigenvalue weighted by Crippen LogP contribution is 2.27. The largest absolute Gasteiger partial charge is 0.335 e. The zero-order valence-electron chi connectivity index (χ0n) is 12.5. The van der Waals surface area contributed by atoms with Gasteiger partial charge in [0.2, 0.25) is 11.1 Å². The van der Waals surface area contributed by atoms with Gasteiger partial charge in [-0.2, -0.15) is 0 Å². The second-order valence-corrected chi connectivity index (χ2v) is 7.46. The van der Waals surface area contributed by atoms with Crippen molar-refractivity contribution in [3.63, 3.8) is 0 Å². The fraction of sp³-hybridized carbons (Fsp3) is 0.143. The van der Waals surface area contributed by atoms with Gasteiger partial charge in [-0.25, -0.2) is 9.66 Å². The average Bonchev–Trinajstić information content (AvgIpc) is 3.20. The van der Waals surface area contributed by atoms with E-state index in [2.05, 4.69) is 20.5 Å². The third kappa shape index (κ3) is 3.69. The van der Waals surface area contributed by atoms with Crippen molar-refractivity contribution in [1.82, 2.24) is 19.9 Å². The molecule has 24 heavy (non-hydrogen) atoms. The molecular formula is C14H13ClN6OS2. The maximum Gasteiger partial charge on any atom is 0.238 e. The van der Waals surface area contributed by atoms with Crippen LogP contribution in [0.2, 0.25) is 5.02 Å². The van der Waals surface area contributed by atoms with E-state index in [-0.39, 0.29) is 5.91 Å². The number of pyridine rings is 1. The number of nitrogens with one attached hydrogen (secondary N) is 1. The molecule has 3 aromatic heterocycles. The first-order valence-electron chi connectivity index (χ1n) is 6.88. The molecule has 0 fully saturated rings. The minimum atomic E-state index is -0.426. The van der Waals surface area contributed by atoms with Gasteiger partial charge in [-0.05, 0) is 30.5 Å². The number of hydrogen-bond acceptors (Lipinski definition) is 7. The summed E-state index contributed by atoms with van der Waals surface area (Å²) in [4.78, 5) is 17.2. The summed E-state index contributed by atoms with van der Waals surface area (Å²) in [5.74, 6) is 6.82. The fourth-order valence-corrected chi connectivity index (χ4v) is 3.41. The molecule has 0 radical (unpaired) electrons. The average molecular weight is 381 g/mol. The van der Waals surface area contributed by atoms with Crippen molar-refractivity contribution in [2.45, 2.75) is 17.3 Å². The molecule has 1 atom stereocenters. The van der Waals surface area contributed by atoms with E-state index in [1.54, 1.807) is 19.1 Å². The highest BCUT2D eigenvalue weighted by Gasteiger charge is 2.20. The van der Waals surface area contributed by atoms with Crippen LogP contribution in [0.1, 0.15) is 6.92 Å². The van der Waals surface area contributed by atoms with Gasteiger partial charge in [0.1, 0.15) is 5.82 Å². The van der Waals surface area contributed by atoms with E-state index in [1.165, 1.54) is 34.0 Å². The number of halogens is 1. The number of rotatable bonds is 5. The van der Waals surface area contributed by atoms with Crippen molar-refractivity contribution in [2.24, 2.45) is 0 Å². The fourth-order valence-electron chi connectivity index (χ4n) is 1.82. The van der Waals surface area contributed by atoms with Crippen LogP contribution in [0.4, 0.5) is 5.82 Å². The van der Waals surface area contributed by atoms with Crippen LogP contribution < -0.4 is 11.2 Å². The number of hydrogen-bond donors (Lipinski definition) is 2. The predicted molar refractivity (Wildman–Crippen MR) is 96.7 cm³/mol. The third-order valence-corrected chi connectivity index (χ3v) is 5.18. The Hall–Kier alpha value is -2.10. The first kappa shape index (κ1) is 16.7. The first-order chi connectivity index (χ1) is 11.5. The lowest BCUT2D eigenvalue weighted by atomic mass is 10.4. The Morgan fingerprint density at radius 2 is 2.25 bits per heavy atom. The molecule has 1 unspecified atom stereocenters. The van der Waals surface area contributed by atoms with Crippen LogP contribution in [0.3, 0.4) is 0 Å². The number of aromatic nitrogens is 4. The summed E-state index contributed by atoms with van der Waals surface area (Å²) >= 11 is 8.51. The molecule has 0 aliphatic carbocycles. The van der Waals surface area contributed by atoms with Gasteiger partial charge in [-0.1, -0.05) is 29.4 Å². The van der Waals surface area contributed by atoms with E-state index in [0.29, 0.717) is 21.8 Å². The number of nitrogens with two attached hydrogens (primary N) is 1. The van der Waals surface area contributed by atoms with Crippen LogP contribution in [-0.4, -0.2) is 31.0 Å². The summed E-state index contributed by atoms with van der Waals surface area (Å²) in [6, 6.07) is 7.12. The van der Waals surface area contributed by atoms with Crippen LogP contribution in [0.15, 0.2) is 41.0 Å². The number of thioether (sulfide) groups is 1. The van der Waals surface area contributed by atoms with Crippen molar-refractivity contribution in [2.75, 3.05) is 11.2 Å². The Morgan fingerprint density at radius 1 is 1.42 bits per heavy atom. The van der Waals surface area contributed by atoms with Crippen LogP contribution in [0.25, 0.3) is 10.7 Å². The zero-order valence-corrected chi connectivity index (χ0v) is 14.9. The summed E-state index contributed by atoms with van der Waals surface area (Å²) in [5.41, 5.74) is 0. The Morgan fingerprint density at radius 3 is 2.92 bits per heavy atom. The zero-order chi connectivity index (χ0) is 17.1. The van der Waals surface area contributed by atoms with Crippen molar-refractivity contribution in [3.05, 3.63) is 40.9 Å². The molecule has 3 heterocycles. The van der Waals surface area contributed by atoms with E-state index < -0.39 is 5.25 Å². The smallest absolute Gasteiger partial charge is 0.238 e. The van der Waals surface area contributed by atoms with E-state index in [4.69, 9.17) is 17.4 Å². The van der Waals surface area contributed by atoms with Gasteiger partial charge in [0.15, 0.2) is 5.82 Å². The Balaban J connectivity index is 1.67. The maximum atomic E-state index is 12.2.